The van der Waals surface area contributed by atoms with E-state index in [1.807, 2.05) is 32.0 Å². The van der Waals surface area contributed by atoms with E-state index in [1.54, 1.807) is 32.9 Å². The predicted octanol–water partition coefficient (Wildman–Crippen LogP) is 5.82. The molecular formula is C30H39N5O5. The lowest BCUT2D eigenvalue weighted by molar-refractivity contribution is -0.117. The first-order valence-electron chi connectivity index (χ1n) is 13.6. The summed E-state index contributed by atoms with van der Waals surface area (Å²) < 4.78 is 12.4. The standard InChI is InChI=1S/C30H39N5O5/c1-17(2)35-27(32-28(38)39-29(3,4)5)24(26(31)37)25(33-35)19-10-8-18(9-11-19)14-21(36)15-20-16-23(40-34-20)22-12-13-30(22,6)7/h8-11,16-17,22H,12-15H2,1-7H3,(H2,31,37)(H,32,38). The van der Waals surface area contributed by atoms with E-state index in [4.69, 9.17) is 15.0 Å². The minimum absolute atomic E-state index is 0.0197. The Morgan fingerprint density at radius 2 is 1.85 bits per heavy atom. The number of nitrogens with two attached hydrogens (primary N) is 1. The van der Waals surface area contributed by atoms with Crippen molar-refractivity contribution in [3.05, 3.63) is 52.9 Å². The number of anilines is 1. The van der Waals surface area contributed by atoms with Gasteiger partial charge in [0.1, 0.15) is 34.2 Å². The van der Waals surface area contributed by atoms with E-state index in [2.05, 4.69) is 29.4 Å². The molecule has 1 unspecified atom stereocenters. The summed E-state index contributed by atoms with van der Waals surface area (Å²) in [6.07, 6.45) is 1.94. The fourth-order valence-electron chi connectivity index (χ4n) is 5.01. The Hall–Kier alpha value is -3.95. The number of amides is 2. The molecule has 0 aliphatic heterocycles. The van der Waals surface area contributed by atoms with Gasteiger partial charge in [0.25, 0.3) is 5.91 Å². The van der Waals surface area contributed by atoms with Crippen LogP contribution >= 0.6 is 0 Å². The molecule has 2 aromatic heterocycles. The van der Waals surface area contributed by atoms with Crippen LogP contribution in [0.5, 0.6) is 0 Å². The van der Waals surface area contributed by atoms with Crippen LogP contribution in [0.15, 0.2) is 34.9 Å². The largest absolute Gasteiger partial charge is 0.444 e. The summed E-state index contributed by atoms with van der Waals surface area (Å²) in [4.78, 5) is 37.8. The monoisotopic (exact) mass is 549 g/mol. The Morgan fingerprint density at radius 1 is 1.18 bits per heavy atom. The van der Waals surface area contributed by atoms with Crippen molar-refractivity contribution >= 4 is 23.6 Å². The van der Waals surface area contributed by atoms with E-state index in [-0.39, 0.29) is 41.5 Å². The van der Waals surface area contributed by atoms with Gasteiger partial charge in [0.15, 0.2) is 0 Å². The van der Waals surface area contributed by atoms with Crippen molar-refractivity contribution in [3.63, 3.8) is 0 Å². The van der Waals surface area contributed by atoms with Gasteiger partial charge >= 0.3 is 6.09 Å². The molecule has 1 aliphatic carbocycles. The highest BCUT2D eigenvalue weighted by atomic mass is 16.6. The van der Waals surface area contributed by atoms with E-state index in [0.717, 1.165) is 24.2 Å². The minimum atomic E-state index is -0.732. The summed E-state index contributed by atoms with van der Waals surface area (Å²) in [5.41, 5.74) is 7.73. The number of ether oxygens (including phenoxy) is 1. The molecule has 0 bridgehead atoms. The molecule has 1 fully saturated rings. The predicted molar refractivity (Wildman–Crippen MR) is 151 cm³/mol. The van der Waals surface area contributed by atoms with Crippen molar-refractivity contribution in [2.24, 2.45) is 11.1 Å². The molecule has 3 aromatic rings. The van der Waals surface area contributed by atoms with Gasteiger partial charge in [0.2, 0.25) is 0 Å². The summed E-state index contributed by atoms with van der Waals surface area (Å²) in [6, 6.07) is 8.93. The van der Waals surface area contributed by atoms with Crippen LogP contribution in [-0.2, 0) is 22.4 Å². The van der Waals surface area contributed by atoms with Crippen LogP contribution in [0.25, 0.3) is 11.3 Å². The molecule has 0 radical (unpaired) electrons. The molecule has 2 amide bonds. The molecular weight excluding hydrogens is 510 g/mol. The molecule has 3 N–H and O–H groups in total. The van der Waals surface area contributed by atoms with Crippen LogP contribution in [-0.4, -0.2) is 38.3 Å². The Labute approximate surface area is 234 Å². The molecule has 40 heavy (non-hydrogen) atoms. The molecule has 0 spiro atoms. The third-order valence-corrected chi connectivity index (χ3v) is 7.21. The van der Waals surface area contributed by atoms with E-state index in [1.165, 1.54) is 4.68 Å². The Bertz CT molecular complexity index is 1410. The summed E-state index contributed by atoms with van der Waals surface area (Å²) in [5, 5.41) is 11.4. The Balaban J connectivity index is 1.50. The van der Waals surface area contributed by atoms with Gasteiger partial charge in [0, 0.05) is 30.0 Å². The molecule has 214 valence electrons. The molecule has 0 saturated heterocycles. The summed E-state index contributed by atoms with van der Waals surface area (Å²) in [7, 11) is 0. The van der Waals surface area contributed by atoms with E-state index in [0.29, 0.717) is 22.9 Å². The van der Waals surface area contributed by atoms with Crippen molar-refractivity contribution in [1.82, 2.24) is 14.9 Å². The summed E-state index contributed by atoms with van der Waals surface area (Å²) in [5.74, 6) is 0.662. The number of Topliss-reactive ketones (excluding diaryl/α,β-unsaturated/α-hetero) is 1. The van der Waals surface area contributed by atoms with Crippen molar-refractivity contribution in [2.45, 2.75) is 91.7 Å². The van der Waals surface area contributed by atoms with Gasteiger partial charge < -0.3 is 15.0 Å². The third kappa shape index (κ3) is 6.43. The van der Waals surface area contributed by atoms with Crippen LogP contribution in [0.4, 0.5) is 10.6 Å². The molecule has 10 nitrogen and oxygen atoms in total. The lowest BCUT2D eigenvalue weighted by Crippen LogP contribution is -2.32. The normalized spacial score (nSPS) is 16.4. The van der Waals surface area contributed by atoms with Gasteiger partial charge in [-0.15, -0.1) is 0 Å². The lowest BCUT2D eigenvalue weighted by atomic mass is 9.61. The molecule has 4 rings (SSSR count). The van der Waals surface area contributed by atoms with Gasteiger partial charge in [0.05, 0.1) is 12.1 Å². The number of benzene rings is 1. The Kier molecular flexibility index (Phi) is 7.92. The first-order valence-corrected chi connectivity index (χ1v) is 13.6. The molecule has 1 saturated carbocycles. The van der Waals surface area contributed by atoms with Crippen molar-refractivity contribution in [1.29, 1.82) is 0 Å². The van der Waals surface area contributed by atoms with Crippen LogP contribution < -0.4 is 11.1 Å². The van der Waals surface area contributed by atoms with Crippen LogP contribution in [0.2, 0.25) is 0 Å². The lowest BCUT2D eigenvalue weighted by Gasteiger charge is -2.42. The van der Waals surface area contributed by atoms with E-state index in [9.17, 15) is 14.4 Å². The van der Waals surface area contributed by atoms with E-state index < -0.39 is 17.6 Å². The summed E-state index contributed by atoms with van der Waals surface area (Å²) >= 11 is 0. The maximum absolute atomic E-state index is 12.8. The number of nitrogens with one attached hydrogen (secondary N) is 1. The highest BCUT2D eigenvalue weighted by molar-refractivity contribution is 6.06. The molecule has 1 atom stereocenters. The average Bonchev–Trinajstić information content (AvgIpc) is 3.42. The minimum Gasteiger partial charge on any atom is -0.444 e. The molecule has 2 heterocycles. The second-order valence-corrected chi connectivity index (χ2v) is 12.5. The fraction of sp³-hybridized carbons (Fsp3) is 0.500. The van der Waals surface area contributed by atoms with Crippen LogP contribution in [0, 0.1) is 5.41 Å². The zero-order chi connectivity index (χ0) is 29.4. The van der Waals surface area contributed by atoms with Crippen LogP contribution in [0.3, 0.4) is 0 Å². The van der Waals surface area contributed by atoms with Crippen molar-refractivity contribution < 1.29 is 23.6 Å². The van der Waals surface area contributed by atoms with Crippen molar-refractivity contribution in [3.8, 4) is 11.3 Å². The maximum atomic E-state index is 12.8. The number of rotatable bonds is 9. The number of nitrogens with zero attached hydrogens (tertiary/aromatic N) is 3. The topological polar surface area (TPSA) is 142 Å². The molecule has 1 aliphatic rings. The average molecular weight is 550 g/mol. The zero-order valence-corrected chi connectivity index (χ0v) is 24.3. The highest BCUT2D eigenvalue weighted by Gasteiger charge is 2.41. The smallest absolute Gasteiger partial charge is 0.413 e. The van der Waals surface area contributed by atoms with Gasteiger partial charge in [-0.05, 0) is 58.4 Å². The summed E-state index contributed by atoms with van der Waals surface area (Å²) in [6.45, 7) is 13.4. The number of carbonyl (C=O) groups excluding carboxylic acids is 3. The van der Waals surface area contributed by atoms with Gasteiger partial charge in [-0.1, -0.05) is 43.3 Å². The van der Waals surface area contributed by atoms with Gasteiger partial charge in [-0.3, -0.25) is 14.9 Å². The number of ketones is 1. The first kappa shape index (κ1) is 29.0. The third-order valence-electron chi connectivity index (χ3n) is 7.21. The van der Waals surface area contributed by atoms with Gasteiger partial charge in [-0.2, -0.15) is 5.10 Å². The van der Waals surface area contributed by atoms with Gasteiger partial charge in [-0.25, -0.2) is 9.48 Å². The Morgan fingerprint density at radius 3 is 2.38 bits per heavy atom. The SMILES string of the molecule is CC(C)n1nc(-c2ccc(CC(=O)Cc3cc(C4CCC4(C)C)on3)cc2)c(C(N)=O)c1NC(=O)OC(C)(C)C. The second-order valence-electron chi connectivity index (χ2n) is 12.5. The molecule has 10 heteroatoms. The van der Waals surface area contributed by atoms with E-state index >= 15 is 0 Å². The number of aromatic nitrogens is 3. The highest BCUT2D eigenvalue weighted by Crippen LogP contribution is 2.52. The number of hydrogen-bond acceptors (Lipinski definition) is 7. The number of primary amides is 1. The first-order chi connectivity index (χ1) is 18.6. The second kappa shape index (κ2) is 10.9. The van der Waals surface area contributed by atoms with Crippen molar-refractivity contribution in [2.75, 3.05) is 5.32 Å². The van der Waals surface area contributed by atoms with Crippen LogP contribution in [0.1, 0.15) is 101 Å². The number of carbonyl (C=O) groups is 3. The fourth-order valence-corrected chi connectivity index (χ4v) is 5.01. The maximum Gasteiger partial charge on any atom is 0.413 e. The zero-order valence-electron chi connectivity index (χ0n) is 24.3. The molecule has 1 aromatic carbocycles. The quantitative estimate of drug-likeness (QED) is 0.342. The number of hydrogen-bond donors (Lipinski definition) is 2.